The maximum absolute atomic E-state index is 12.6. The number of aromatic nitrogens is 2. The lowest BCUT2D eigenvalue weighted by Crippen LogP contribution is -2.38. The molecule has 7 heteroatoms. The number of rotatable bonds is 12. The third-order valence-electron chi connectivity index (χ3n) is 6.51. The van der Waals surface area contributed by atoms with Crippen molar-refractivity contribution < 1.29 is 14.3 Å². The fourth-order valence-electron chi connectivity index (χ4n) is 4.48. The van der Waals surface area contributed by atoms with Crippen LogP contribution in [-0.2, 0) is 14.3 Å². The molecule has 0 saturated carbocycles. The molecule has 3 rings (SSSR count). The topological polar surface area (TPSA) is 84.4 Å². The highest BCUT2D eigenvalue weighted by Gasteiger charge is 2.24. The molecular weight excluding hydrogens is 416 g/mol. The molecule has 33 heavy (non-hydrogen) atoms. The molecule has 0 bridgehead atoms. The van der Waals surface area contributed by atoms with Gasteiger partial charge in [0.05, 0.1) is 7.11 Å². The number of piperidine rings is 1. The van der Waals surface area contributed by atoms with Gasteiger partial charge in [-0.05, 0) is 74.1 Å². The summed E-state index contributed by atoms with van der Waals surface area (Å²) >= 11 is 0. The van der Waals surface area contributed by atoms with Crippen molar-refractivity contribution in [2.24, 2.45) is 5.92 Å². The van der Waals surface area contributed by atoms with Crippen LogP contribution in [0.1, 0.15) is 62.8 Å². The van der Waals surface area contributed by atoms with E-state index in [0.717, 1.165) is 64.0 Å². The summed E-state index contributed by atoms with van der Waals surface area (Å²) in [5.74, 6) is 1.87. The molecule has 3 heterocycles. The van der Waals surface area contributed by atoms with Crippen molar-refractivity contribution >= 4 is 17.7 Å². The van der Waals surface area contributed by atoms with Gasteiger partial charge in [0.25, 0.3) is 0 Å². The number of carbonyl (C=O) groups is 2. The summed E-state index contributed by atoms with van der Waals surface area (Å²) in [5, 5.41) is 3.26. The van der Waals surface area contributed by atoms with Gasteiger partial charge in [0.2, 0.25) is 5.91 Å². The monoisotopic (exact) mass is 452 g/mol. The van der Waals surface area contributed by atoms with Crippen molar-refractivity contribution in [3.63, 3.8) is 0 Å². The number of pyridine rings is 2. The van der Waals surface area contributed by atoms with Gasteiger partial charge in [0.15, 0.2) is 0 Å². The third-order valence-corrected chi connectivity index (χ3v) is 6.51. The summed E-state index contributed by atoms with van der Waals surface area (Å²) in [6.45, 7) is 2.44. The molecule has 1 unspecified atom stereocenters. The fourth-order valence-corrected chi connectivity index (χ4v) is 4.48. The molecule has 1 aliphatic heterocycles. The molecule has 2 aromatic rings. The number of methoxy groups -OCH3 is 1. The Morgan fingerprint density at radius 2 is 1.97 bits per heavy atom. The van der Waals surface area contributed by atoms with Crippen LogP contribution in [0, 0.1) is 5.92 Å². The van der Waals surface area contributed by atoms with Crippen molar-refractivity contribution in [2.45, 2.75) is 57.3 Å². The number of anilines is 1. The number of hydrogen-bond donors (Lipinski definition) is 1. The molecule has 0 aromatic carbocycles. The van der Waals surface area contributed by atoms with E-state index in [9.17, 15) is 9.59 Å². The smallest absolute Gasteiger partial charge is 0.305 e. The van der Waals surface area contributed by atoms with E-state index in [2.05, 4.69) is 21.4 Å². The Morgan fingerprint density at radius 1 is 1.12 bits per heavy atom. The van der Waals surface area contributed by atoms with Crippen LogP contribution in [0.25, 0.3) is 0 Å². The Hall–Kier alpha value is -2.96. The molecule has 2 aromatic heterocycles. The van der Waals surface area contributed by atoms with Gasteiger partial charge in [-0.2, -0.15) is 0 Å². The largest absolute Gasteiger partial charge is 0.469 e. The molecule has 1 aliphatic rings. The fraction of sp³-hybridized carbons (Fsp3) is 0.538. The number of nitrogens with one attached hydrogen (secondary N) is 1. The van der Waals surface area contributed by atoms with E-state index in [0.29, 0.717) is 24.7 Å². The highest BCUT2D eigenvalue weighted by molar-refractivity contribution is 5.76. The zero-order chi connectivity index (χ0) is 23.3. The van der Waals surface area contributed by atoms with Crippen LogP contribution in [0.3, 0.4) is 0 Å². The Balaban J connectivity index is 1.36. The lowest BCUT2D eigenvalue weighted by Gasteiger charge is -2.33. The summed E-state index contributed by atoms with van der Waals surface area (Å²) in [7, 11) is 1.44. The predicted molar refractivity (Wildman–Crippen MR) is 129 cm³/mol. The maximum Gasteiger partial charge on any atom is 0.305 e. The minimum atomic E-state index is -0.161. The van der Waals surface area contributed by atoms with Crippen molar-refractivity contribution in [2.75, 3.05) is 32.1 Å². The van der Waals surface area contributed by atoms with Crippen molar-refractivity contribution in [3.8, 4) is 0 Å². The number of amides is 1. The zero-order valence-corrected chi connectivity index (χ0v) is 19.6. The summed E-state index contributed by atoms with van der Waals surface area (Å²) in [4.78, 5) is 34.7. The van der Waals surface area contributed by atoms with E-state index in [1.165, 1.54) is 12.7 Å². The highest BCUT2D eigenvalue weighted by atomic mass is 16.5. The van der Waals surface area contributed by atoms with Crippen LogP contribution in [-0.4, -0.2) is 53.5 Å². The normalized spacial score (nSPS) is 15.1. The van der Waals surface area contributed by atoms with Crippen molar-refractivity contribution in [1.29, 1.82) is 0 Å². The zero-order valence-electron chi connectivity index (χ0n) is 19.6. The summed E-state index contributed by atoms with van der Waals surface area (Å²) in [6, 6.07) is 9.82. The molecule has 7 nitrogen and oxygen atoms in total. The van der Waals surface area contributed by atoms with Gasteiger partial charge in [-0.1, -0.05) is 12.1 Å². The van der Waals surface area contributed by atoms with Crippen molar-refractivity contribution in [1.82, 2.24) is 14.9 Å². The first-order valence-electron chi connectivity index (χ1n) is 12.0. The lowest BCUT2D eigenvalue weighted by molar-refractivity contribution is -0.140. The van der Waals surface area contributed by atoms with E-state index >= 15 is 0 Å². The second-order valence-corrected chi connectivity index (χ2v) is 8.74. The maximum atomic E-state index is 12.6. The first-order valence-corrected chi connectivity index (χ1v) is 12.0. The van der Waals surface area contributed by atoms with Gasteiger partial charge in [-0.25, -0.2) is 4.98 Å². The van der Waals surface area contributed by atoms with Gasteiger partial charge in [-0.15, -0.1) is 0 Å². The van der Waals surface area contributed by atoms with Gasteiger partial charge >= 0.3 is 5.97 Å². The first kappa shape index (κ1) is 24.7. The Morgan fingerprint density at radius 3 is 2.67 bits per heavy atom. The minimum absolute atomic E-state index is 0.161. The van der Waals surface area contributed by atoms with E-state index in [4.69, 9.17) is 4.74 Å². The standard InChI is InChI=1S/C26H36N4O3/c1-33-26(32)12-11-22(23-6-4-15-27-20-23)10-9-21-13-18-30(19-14-21)25(31)8-5-17-29-24-7-2-3-16-28-24/h2-4,6-7,15-16,20-22H,5,8-14,17-19H2,1H3,(H,28,29). The third kappa shape index (κ3) is 8.48. The number of esters is 1. The Kier molecular flexibility index (Phi) is 10.1. The number of ether oxygens (including phenoxy) is 1. The van der Waals surface area contributed by atoms with E-state index < -0.39 is 0 Å². The van der Waals surface area contributed by atoms with Crippen LogP contribution < -0.4 is 5.32 Å². The van der Waals surface area contributed by atoms with E-state index in [1.54, 1.807) is 12.4 Å². The van der Waals surface area contributed by atoms with Gasteiger partial charge in [0.1, 0.15) is 5.82 Å². The number of hydrogen-bond acceptors (Lipinski definition) is 6. The number of likely N-dealkylation sites (tertiary alicyclic amines) is 1. The molecule has 1 amide bonds. The summed E-state index contributed by atoms with van der Waals surface area (Å²) in [6.07, 6.45) is 12.3. The molecule has 1 N–H and O–H groups in total. The van der Waals surface area contributed by atoms with Gasteiger partial charge in [0, 0.05) is 51.1 Å². The molecule has 178 valence electrons. The van der Waals surface area contributed by atoms with Crippen LogP contribution in [0.4, 0.5) is 5.82 Å². The van der Waals surface area contributed by atoms with E-state index in [1.807, 2.05) is 35.4 Å². The summed E-state index contributed by atoms with van der Waals surface area (Å²) in [5.41, 5.74) is 1.19. The van der Waals surface area contributed by atoms with E-state index in [-0.39, 0.29) is 11.9 Å². The number of carbonyl (C=O) groups excluding carboxylic acids is 2. The first-order chi connectivity index (χ1) is 16.2. The Bertz CT molecular complexity index is 839. The van der Waals surface area contributed by atoms with Crippen molar-refractivity contribution in [3.05, 3.63) is 54.5 Å². The second kappa shape index (κ2) is 13.6. The Labute approximate surface area is 197 Å². The molecule has 0 spiro atoms. The highest BCUT2D eigenvalue weighted by Crippen LogP contribution is 2.31. The summed E-state index contributed by atoms with van der Waals surface area (Å²) < 4.78 is 4.82. The minimum Gasteiger partial charge on any atom is -0.469 e. The molecule has 1 fully saturated rings. The lowest BCUT2D eigenvalue weighted by atomic mass is 9.84. The van der Waals surface area contributed by atoms with Crippen LogP contribution in [0.2, 0.25) is 0 Å². The molecule has 1 saturated heterocycles. The van der Waals surface area contributed by atoms with Crippen LogP contribution in [0.5, 0.6) is 0 Å². The molecule has 0 radical (unpaired) electrons. The molecule has 1 atom stereocenters. The molecular formula is C26H36N4O3. The SMILES string of the molecule is COC(=O)CCC(CCC1CCN(C(=O)CCCNc2ccccn2)CC1)c1cccnc1. The predicted octanol–water partition coefficient (Wildman–Crippen LogP) is 4.42. The average molecular weight is 453 g/mol. The second-order valence-electron chi connectivity index (χ2n) is 8.74. The van der Waals surface area contributed by atoms with Crippen LogP contribution in [0.15, 0.2) is 48.9 Å². The van der Waals surface area contributed by atoms with Gasteiger partial charge in [-0.3, -0.25) is 14.6 Å². The number of nitrogens with zero attached hydrogens (tertiary/aromatic N) is 3. The molecule has 0 aliphatic carbocycles. The van der Waals surface area contributed by atoms with Gasteiger partial charge < -0.3 is 15.0 Å². The average Bonchev–Trinajstić information content (AvgIpc) is 2.87. The quantitative estimate of drug-likeness (QED) is 0.379. The van der Waals surface area contributed by atoms with Crippen LogP contribution >= 0.6 is 0 Å².